The lowest BCUT2D eigenvalue weighted by Gasteiger charge is -2.11. The standard InChI is InChI=1S/C23H24FN3O2/c1-16(2)29-20-9-7-18(8-10-20)27-19-12-14-25-22(15-19)23(28)26-13-11-17-5-3-4-6-21(17)24/h3-10,12,14-16H,11,13H2,1-2H3,(H,25,27)(H,26,28). The van der Waals surface area contributed by atoms with Gasteiger partial charge in [-0.3, -0.25) is 9.78 Å². The molecule has 0 radical (unpaired) electrons. The SMILES string of the molecule is CC(C)Oc1ccc(Nc2ccnc(C(=O)NCCc3ccccc3F)c2)cc1. The third-order valence-corrected chi connectivity index (χ3v) is 4.15. The number of nitrogens with one attached hydrogen (secondary N) is 2. The van der Waals surface area contributed by atoms with Gasteiger partial charge in [0.2, 0.25) is 0 Å². The molecule has 0 aliphatic rings. The number of rotatable bonds is 8. The van der Waals surface area contributed by atoms with E-state index in [0.717, 1.165) is 17.1 Å². The van der Waals surface area contributed by atoms with Crippen LogP contribution in [0.4, 0.5) is 15.8 Å². The normalized spacial score (nSPS) is 10.6. The predicted octanol–water partition coefficient (Wildman–Crippen LogP) is 4.72. The van der Waals surface area contributed by atoms with Crippen LogP contribution < -0.4 is 15.4 Å². The summed E-state index contributed by atoms with van der Waals surface area (Å²) in [4.78, 5) is 16.5. The Hall–Kier alpha value is -3.41. The largest absolute Gasteiger partial charge is 0.491 e. The number of pyridine rings is 1. The molecule has 0 saturated heterocycles. The molecular formula is C23H24FN3O2. The van der Waals surface area contributed by atoms with E-state index in [1.165, 1.54) is 6.07 Å². The maximum Gasteiger partial charge on any atom is 0.269 e. The van der Waals surface area contributed by atoms with Crippen LogP contribution in [-0.2, 0) is 6.42 Å². The molecule has 29 heavy (non-hydrogen) atoms. The molecule has 0 spiro atoms. The minimum atomic E-state index is -0.300. The lowest BCUT2D eigenvalue weighted by molar-refractivity contribution is 0.0949. The Morgan fingerprint density at radius 1 is 1.07 bits per heavy atom. The van der Waals surface area contributed by atoms with Crippen molar-refractivity contribution in [3.05, 3.63) is 83.9 Å². The van der Waals surface area contributed by atoms with E-state index in [1.807, 2.05) is 38.1 Å². The van der Waals surface area contributed by atoms with Crippen LogP contribution in [0, 0.1) is 5.82 Å². The quantitative estimate of drug-likeness (QED) is 0.581. The van der Waals surface area contributed by atoms with Crippen LogP contribution >= 0.6 is 0 Å². The monoisotopic (exact) mass is 393 g/mol. The Bertz CT molecular complexity index is 958. The Balaban J connectivity index is 1.57. The number of nitrogens with zero attached hydrogens (tertiary/aromatic N) is 1. The highest BCUT2D eigenvalue weighted by Gasteiger charge is 2.09. The second-order valence-electron chi connectivity index (χ2n) is 6.84. The molecular weight excluding hydrogens is 369 g/mol. The number of anilines is 2. The van der Waals surface area contributed by atoms with E-state index < -0.39 is 0 Å². The van der Waals surface area contributed by atoms with Gasteiger partial charge in [-0.25, -0.2) is 4.39 Å². The molecule has 1 aromatic heterocycles. The van der Waals surface area contributed by atoms with Gasteiger partial charge >= 0.3 is 0 Å². The van der Waals surface area contributed by atoms with E-state index in [1.54, 1.807) is 36.5 Å². The first-order valence-corrected chi connectivity index (χ1v) is 9.52. The van der Waals surface area contributed by atoms with Gasteiger partial charge < -0.3 is 15.4 Å². The van der Waals surface area contributed by atoms with Gasteiger partial charge in [0, 0.05) is 24.1 Å². The number of aromatic nitrogens is 1. The van der Waals surface area contributed by atoms with Crippen LogP contribution in [0.3, 0.4) is 0 Å². The zero-order chi connectivity index (χ0) is 20.6. The molecule has 5 nitrogen and oxygen atoms in total. The first-order chi connectivity index (χ1) is 14.0. The summed E-state index contributed by atoms with van der Waals surface area (Å²) in [7, 11) is 0. The number of benzene rings is 2. The summed E-state index contributed by atoms with van der Waals surface area (Å²) in [6, 6.07) is 17.6. The van der Waals surface area contributed by atoms with Gasteiger partial charge in [0.05, 0.1) is 6.10 Å². The molecule has 1 heterocycles. The zero-order valence-corrected chi connectivity index (χ0v) is 16.5. The smallest absolute Gasteiger partial charge is 0.269 e. The van der Waals surface area contributed by atoms with Gasteiger partial charge in [-0.1, -0.05) is 18.2 Å². The van der Waals surface area contributed by atoms with Crippen molar-refractivity contribution < 1.29 is 13.9 Å². The Morgan fingerprint density at radius 3 is 2.55 bits per heavy atom. The van der Waals surface area contributed by atoms with Gasteiger partial charge in [-0.2, -0.15) is 0 Å². The van der Waals surface area contributed by atoms with Crippen molar-refractivity contribution in [2.24, 2.45) is 0 Å². The van der Waals surface area contributed by atoms with E-state index in [9.17, 15) is 9.18 Å². The first kappa shape index (κ1) is 20.3. The van der Waals surface area contributed by atoms with Crippen LogP contribution in [0.5, 0.6) is 5.75 Å². The van der Waals surface area contributed by atoms with Crippen LogP contribution in [0.2, 0.25) is 0 Å². The average molecular weight is 393 g/mol. The molecule has 2 aromatic carbocycles. The van der Waals surface area contributed by atoms with Crippen molar-refractivity contribution in [3.8, 4) is 5.75 Å². The van der Waals surface area contributed by atoms with Crippen LogP contribution in [-0.4, -0.2) is 23.5 Å². The minimum Gasteiger partial charge on any atom is -0.491 e. The number of hydrogen-bond acceptors (Lipinski definition) is 4. The van der Waals surface area contributed by atoms with E-state index in [4.69, 9.17) is 4.74 Å². The Labute approximate surface area is 169 Å². The minimum absolute atomic E-state index is 0.119. The summed E-state index contributed by atoms with van der Waals surface area (Å²) in [6.45, 7) is 4.29. The molecule has 0 fully saturated rings. The lowest BCUT2D eigenvalue weighted by atomic mass is 10.1. The fraction of sp³-hybridized carbons (Fsp3) is 0.217. The Morgan fingerprint density at radius 2 is 1.83 bits per heavy atom. The van der Waals surface area contributed by atoms with Gasteiger partial charge in [0.1, 0.15) is 17.3 Å². The fourth-order valence-corrected chi connectivity index (χ4v) is 2.79. The average Bonchev–Trinajstić information content (AvgIpc) is 2.71. The van der Waals surface area contributed by atoms with Crippen molar-refractivity contribution in [1.82, 2.24) is 10.3 Å². The third kappa shape index (κ3) is 6.04. The number of carbonyl (C=O) groups is 1. The van der Waals surface area contributed by atoms with Crippen LogP contribution in [0.15, 0.2) is 66.9 Å². The molecule has 0 atom stereocenters. The summed E-state index contributed by atoms with van der Waals surface area (Å²) in [5.41, 5.74) is 2.49. The van der Waals surface area contributed by atoms with Gasteiger partial charge in [-0.05, 0) is 68.3 Å². The third-order valence-electron chi connectivity index (χ3n) is 4.15. The summed E-state index contributed by atoms with van der Waals surface area (Å²) in [5.74, 6) is 0.233. The number of carbonyl (C=O) groups excluding carboxylic acids is 1. The maximum atomic E-state index is 13.6. The predicted molar refractivity (Wildman–Crippen MR) is 112 cm³/mol. The van der Waals surface area contributed by atoms with Crippen molar-refractivity contribution in [2.45, 2.75) is 26.4 Å². The lowest BCUT2D eigenvalue weighted by Crippen LogP contribution is -2.26. The summed E-state index contributed by atoms with van der Waals surface area (Å²) < 4.78 is 19.3. The maximum absolute atomic E-state index is 13.6. The van der Waals surface area contributed by atoms with Crippen molar-refractivity contribution in [1.29, 1.82) is 0 Å². The van der Waals surface area contributed by atoms with Crippen molar-refractivity contribution in [2.75, 3.05) is 11.9 Å². The second kappa shape index (κ2) is 9.68. The molecule has 2 N–H and O–H groups in total. The highest BCUT2D eigenvalue weighted by molar-refractivity contribution is 5.93. The van der Waals surface area contributed by atoms with Crippen LogP contribution in [0.25, 0.3) is 0 Å². The van der Waals surface area contributed by atoms with Gasteiger partial charge in [0.15, 0.2) is 0 Å². The number of halogens is 1. The molecule has 3 aromatic rings. The number of ether oxygens (including phenoxy) is 1. The molecule has 0 unspecified atom stereocenters. The summed E-state index contributed by atoms with van der Waals surface area (Å²) in [5, 5.41) is 6.02. The Kier molecular flexibility index (Phi) is 6.79. The number of amides is 1. The highest BCUT2D eigenvalue weighted by atomic mass is 19.1. The van der Waals surface area contributed by atoms with E-state index in [2.05, 4.69) is 15.6 Å². The fourth-order valence-electron chi connectivity index (χ4n) is 2.79. The molecule has 1 amide bonds. The van der Waals surface area contributed by atoms with E-state index in [-0.39, 0.29) is 17.8 Å². The summed E-state index contributed by atoms with van der Waals surface area (Å²) in [6.07, 6.45) is 2.11. The van der Waals surface area contributed by atoms with E-state index >= 15 is 0 Å². The molecule has 6 heteroatoms. The van der Waals surface area contributed by atoms with Crippen molar-refractivity contribution in [3.63, 3.8) is 0 Å². The topological polar surface area (TPSA) is 63.2 Å². The molecule has 3 rings (SSSR count). The van der Waals surface area contributed by atoms with Gasteiger partial charge in [-0.15, -0.1) is 0 Å². The van der Waals surface area contributed by atoms with E-state index in [0.29, 0.717) is 24.2 Å². The second-order valence-corrected chi connectivity index (χ2v) is 6.84. The first-order valence-electron chi connectivity index (χ1n) is 9.52. The molecule has 0 aliphatic heterocycles. The van der Waals surface area contributed by atoms with Gasteiger partial charge in [0.25, 0.3) is 5.91 Å². The summed E-state index contributed by atoms with van der Waals surface area (Å²) >= 11 is 0. The zero-order valence-electron chi connectivity index (χ0n) is 16.5. The number of hydrogen-bond donors (Lipinski definition) is 2. The molecule has 0 saturated carbocycles. The highest BCUT2D eigenvalue weighted by Crippen LogP contribution is 2.21. The van der Waals surface area contributed by atoms with Crippen molar-refractivity contribution >= 4 is 17.3 Å². The molecule has 0 aliphatic carbocycles. The van der Waals surface area contributed by atoms with Crippen LogP contribution in [0.1, 0.15) is 29.9 Å². The molecule has 0 bridgehead atoms. The molecule has 150 valence electrons.